The summed E-state index contributed by atoms with van der Waals surface area (Å²) in [7, 11) is 1.94. The number of aromatic nitrogens is 1. The molecule has 1 aromatic carbocycles. The van der Waals surface area contributed by atoms with Crippen LogP contribution in [0.3, 0.4) is 0 Å². The first-order valence-corrected chi connectivity index (χ1v) is 5.27. The summed E-state index contributed by atoms with van der Waals surface area (Å²) >= 11 is 0. The van der Waals surface area contributed by atoms with Crippen molar-refractivity contribution in [3.8, 4) is 0 Å². The Bertz CT molecular complexity index is 502. The van der Waals surface area contributed by atoms with Crippen molar-refractivity contribution in [3.05, 3.63) is 29.8 Å². The van der Waals surface area contributed by atoms with Crippen LogP contribution in [0.25, 0.3) is 17.2 Å². The van der Waals surface area contributed by atoms with E-state index in [9.17, 15) is 0 Å². The van der Waals surface area contributed by atoms with E-state index in [2.05, 4.69) is 22.5 Å². The van der Waals surface area contributed by atoms with Crippen LogP contribution in [0.15, 0.2) is 28.7 Å². The largest absolute Gasteiger partial charge is 0.424 e. The third kappa shape index (κ3) is 2.41. The van der Waals surface area contributed by atoms with Gasteiger partial charge in [-0.05, 0) is 37.7 Å². The molecule has 2 aromatic rings. The van der Waals surface area contributed by atoms with E-state index in [4.69, 9.17) is 10.2 Å². The SMILES string of the molecule is CNCCC=Cc1ccc2oc(N)nc2c1. The third-order valence-corrected chi connectivity index (χ3v) is 2.30. The summed E-state index contributed by atoms with van der Waals surface area (Å²) in [6.07, 6.45) is 5.21. The Kier molecular flexibility index (Phi) is 3.22. The smallest absolute Gasteiger partial charge is 0.292 e. The van der Waals surface area contributed by atoms with Gasteiger partial charge in [-0.15, -0.1) is 0 Å². The van der Waals surface area contributed by atoms with Gasteiger partial charge in [-0.25, -0.2) is 0 Å². The summed E-state index contributed by atoms with van der Waals surface area (Å²) < 4.78 is 5.20. The Morgan fingerprint density at radius 2 is 2.38 bits per heavy atom. The molecule has 3 N–H and O–H groups in total. The van der Waals surface area contributed by atoms with Crippen LogP contribution in [0.1, 0.15) is 12.0 Å². The summed E-state index contributed by atoms with van der Waals surface area (Å²) in [5.41, 5.74) is 8.11. The van der Waals surface area contributed by atoms with Crippen LogP contribution in [0, 0.1) is 0 Å². The molecular weight excluding hydrogens is 202 g/mol. The number of nitrogen functional groups attached to an aromatic ring is 1. The van der Waals surface area contributed by atoms with Crippen LogP contribution >= 0.6 is 0 Å². The van der Waals surface area contributed by atoms with Gasteiger partial charge in [0.15, 0.2) is 5.58 Å². The molecule has 0 bridgehead atoms. The van der Waals surface area contributed by atoms with Gasteiger partial charge in [0.05, 0.1) is 0 Å². The third-order valence-electron chi connectivity index (χ3n) is 2.30. The normalized spacial score (nSPS) is 11.6. The van der Waals surface area contributed by atoms with E-state index in [1.54, 1.807) is 0 Å². The zero-order chi connectivity index (χ0) is 11.4. The minimum atomic E-state index is 0.214. The molecule has 0 fully saturated rings. The van der Waals surface area contributed by atoms with E-state index >= 15 is 0 Å². The summed E-state index contributed by atoms with van der Waals surface area (Å²) in [5.74, 6) is 0. The quantitative estimate of drug-likeness (QED) is 0.769. The number of nitrogens with one attached hydrogen (secondary N) is 1. The zero-order valence-corrected chi connectivity index (χ0v) is 9.23. The van der Waals surface area contributed by atoms with Gasteiger partial charge >= 0.3 is 0 Å². The molecule has 0 radical (unpaired) electrons. The Morgan fingerprint density at radius 1 is 1.50 bits per heavy atom. The number of rotatable bonds is 4. The lowest BCUT2D eigenvalue weighted by molar-refractivity contribution is 0.626. The molecule has 0 atom stereocenters. The molecule has 4 heteroatoms. The van der Waals surface area contributed by atoms with Crippen LogP contribution in [0.5, 0.6) is 0 Å². The number of hydrogen-bond donors (Lipinski definition) is 2. The molecule has 0 unspecified atom stereocenters. The number of fused-ring (bicyclic) bond motifs is 1. The lowest BCUT2D eigenvalue weighted by Gasteiger charge is -1.93. The number of oxazole rings is 1. The molecule has 0 aliphatic heterocycles. The summed E-state index contributed by atoms with van der Waals surface area (Å²) in [5, 5.41) is 3.09. The Hall–Kier alpha value is -1.81. The van der Waals surface area contributed by atoms with Crippen LogP contribution < -0.4 is 11.1 Å². The molecule has 0 spiro atoms. The molecular formula is C12H15N3O. The molecule has 1 aromatic heterocycles. The van der Waals surface area contributed by atoms with Gasteiger partial charge in [-0.1, -0.05) is 18.2 Å². The maximum absolute atomic E-state index is 5.48. The van der Waals surface area contributed by atoms with Crippen LogP contribution in [0.2, 0.25) is 0 Å². The number of nitrogens with zero attached hydrogens (tertiary/aromatic N) is 1. The van der Waals surface area contributed by atoms with Crippen LogP contribution in [-0.4, -0.2) is 18.6 Å². The average Bonchev–Trinajstić information content (AvgIpc) is 2.64. The lowest BCUT2D eigenvalue weighted by atomic mass is 10.2. The van der Waals surface area contributed by atoms with E-state index < -0.39 is 0 Å². The molecule has 2 rings (SSSR count). The van der Waals surface area contributed by atoms with Crippen molar-refractivity contribution in [2.45, 2.75) is 6.42 Å². The fourth-order valence-electron chi connectivity index (χ4n) is 1.51. The topological polar surface area (TPSA) is 64.1 Å². The maximum atomic E-state index is 5.48. The van der Waals surface area contributed by atoms with Gasteiger partial charge in [0.25, 0.3) is 6.01 Å². The fourth-order valence-corrected chi connectivity index (χ4v) is 1.51. The first kappa shape index (κ1) is 10.7. The number of nitrogens with two attached hydrogens (primary N) is 1. The zero-order valence-electron chi connectivity index (χ0n) is 9.23. The first-order chi connectivity index (χ1) is 7.79. The molecule has 84 valence electrons. The molecule has 1 heterocycles. The number of anilines is 1. The number of hydrogen-bond acceptors (Lipinski definition) is 4. The predicted molar refractivity (Wildman–Crippen MR) is 66.0 cm³/mol. The van der Waals surface area contributed by atoms with Crippen molar-refractivity contribution in [2.75, 3.05) is 19.3 Å². The summed E-state index contributed by atoms with van der Waals surface area (Å²) in [6, 6.07) is 6.05. The van der Waals surface area contributed by atoms with Crippen molar-refractivity contribution in [2.24, 2.45) is 0 Å². The predicted octanol–water partition coefficient (Wildman–Crippen LogP) is 2.03. The van der Waals surface area contributed by atoms with Crippen molar-refractivity contribution in [1.29, 1.82) is 0 Å². The molecule has 0 saturated carbocycles. The minimum absolute atomic E-state index is 0.214. The Labute approximate surface area is 94.2 Å². The molecule has 16 heavy (non-hydrogen) atoms. The maximum Gasteiger partial charge on any atom is 0.292 e. The highest BCUT2D eigenvalue weighted by Gasteiger charge is 2.01. The van der Waals surface area contributed by atoms with Crippen LogP contribution in [-0.2, 0) is 0 Å². The minimum Gasteiger partial charge on any atom is -0.424 e. The highest BCUT2D eigenvalue weighted by atomic mass is 16.4. The molecule has 0 saturated heterocycles. The highest BCUT2D eigenvalue weighted by Crippen LogP contribution is 2.18. The monoisotopic (exact) mass is 217 g/mol. The lowest BCUT2D eigenvalue weighted by Crippen LogP contribution is -2.05. The van der Waals surface area contributed by atoms with E-state index in [1.165, 1.54) is 0 Å². The molecule has 0 aliphatic rings. The summed E-state index contributed by atoms with van der Waals surface area (Å²) in [4.78, 5) is 4.08. The van der Waals surface area contributed by atoms with Crippen molar-refractivity contribution in [1.82, 2.24) is 10.3 Å². The van der Waals surface area contributed by atoms with Gasteiger partial charge < -0.3 is 15.5 Å². The highest BCUT2D eigenvalue weighted by molar-refractivity contribution is 5.77. The fraction of sp³-hybridized carbons (Fsp3) is 0.250. The second-order valence-electron chi connectivity index (χ2n) is 3.57. The number of benzene rings is 1. The van der Waals surface area contributed by atoms with Crippen LogP contribution in [0.4, 0.5) is 6.01 Å². The standard InChI is InChI=1S/C12H15N3O/c1-14-7-3-2-4-9-5-6-11-10(8-9)15-12(13)16-11/h2,4-6,8,14H,3,7H2,1H3,(H2,13,15). The summed E-state index contributed by atoms with van der Waals surface area (Å²) in [6.45, 7) is 0.982. The molecule has 4 nitrogen and oxygen atoms in total. The average molecular weight is 217 g/mol. The van der Waals surface area contributed by atoms with E-state index in [0.717, 1.165) is 29.6 Å². The molecule has 0 amide bonds. The van der Waals surface area contributed by atoms with Gasteiger partial charge in [0.2, 0.25) is 0 Å². The van der Waals surface area contributed by atoms with Gasteiger partial charge in [0.1, 0.15) is 5.52 Å². The second-order valence-corrected chi connectivity index (χ2v) is 3.57. The van der Waals surface area contributed by atoms with E-state index in [-0.39, 0.29) is 6.01 Å². The second kappa shape index (κ2) is 4.81. The van der Waals surface area contributed by atoms with Crippen molar-refractivity contribution in [3.63, 3.8) is 0 Å². The van der Waals surface area contributed by atoms with Gasteiger partial charge in [-0.3, -0.25) is 0 Å². The first-order valence-electron chi connectivity index (χ1n) is 5.27. The molecule has 0 aliphatic carbocycles. The van der Waals surface area contributed by atoms with E-state index in [0.29, 0.717) is 0 Å². The van der Waals surface area contributed by atoms with Crippen molar-refractivity contribution >= 4 is 23.2 Å². The Balaban J connectivity index is 2.15. The van der Waals surface area contributed by atoms with Gasteiger partial charge in [0, 0.05) is 0 Å². The Morgan fingerprint density at radius 3 is 3.19 bits per heavy atom. The van der Waals surface area contributed by atoms with E-state index in [1.807, 2.05) is 25.2 Å². The van der Waals surface area contributed by atoms with Crippen molar-refractivity contribution < 1.29 is 4.42 Å². The van der Waals surface area contributed by atoms with Gasteiger partial charge in [-0.2, -0.15) is 4.98 Å².